The molecule has 1 aromatic heterocycles. The van der Waals surface area contributed by atoms with E-state index in [1.807, 2.05) is 13.8 Å². The van der Waals surface area contributed by atoms with Crippen molar-refractivity contribution in [2.45, 2.75) is 39.2 Å². The van der Waals surface area contributed by atoms with Crippen LogP contribution in [0.5, 0.6) is 0 Å². The van der Waals surface area contributed by atoms with Gasteiger partial charge in [-0.2, -0.15) is 0 Å². The summed E-state index contributed by atoms with van der Waals surface area (Å²) in [6.45, 7) is 3.81. The van der Waals surface area contributed by atoms with Gasteiger partial charge in [0, 0.05) is 11.5 Å². The second-order valence-electron chi connectivity index (χ2n) is 5.03. The summed E-state index contributed by atoms with van der Waals surface area (Å²) in [5.41, 5.74) is 0.0478. The van der Waals surface area contributed by atoms with Crippen molar-refractivity contribution < 1.29 is 14.3 Å². The summed E-state index contributed by atoms with van der Waals surface area (Å²) in [6, 6.07) is 1.72. The highest BCUT2D eigenvalue weighted by atomic mass is 16.3. The van der Waals surface area contributed by atoms with Crippen LogP contribution in [0.2, 0.25) is 0 Å². The number of ketones is 1. The second-order valence-corrected chi connectivity index (χ2v) is 5.03. The zero-order valence-electron chi connectivity index (χ0n) is 9.77. The molecule has 0 unspecified atom stereocenters. The van der Waals surface area contributed by atoms with Crippen molar-refractivity contribution in [1.29, 1.82) is 0 Å². The van der Waals surface area contributed by atoms with Gasteiger partial charge in [0.15, 0.2) is 0 Å². The number of carbonyl (C=O) groups excluding carboxylic acids is 1. The van der Waals surface area contributed by atoms with Gasteiger partial charge < -0.3 is 9.52 Å². The van der Waals surface area contributed by atoms with Gasteiger partial charge in [0.25, 0.3) is 0 Å². The largest absolute Gasteiger partial charge is 0.472 e. The van der Waals surface area contributed by atoms with Crippen molar-refractivity contribution in [1.82, 2.24) is 0 Å². The van der Waals surface area contributed by atoms with E-state index in [1.54, 1.807) is 6.07 Å². The molecular weight excluding hydrogens is 204 g/mol. The third kappa shape index (κ3) is 1.69. The fraction of sp³-hybridized carbons (Fsp3) is 0.615. The lowest BCUT2D eigenvalue weighted by molar-refractivity contribution is -0.142. The average Bonchev–Trinajstić information content (AvgIpc) is 2.78. The van der Waals surface area contributed by atoms with E-state index in [0.717, 1.165) is 19.3 Å². The Balaban J connectivity index is 2.27. The van der Waals surface area contributed by atoms with Crippen LogP contribution in [0.3, 0.4) is 0 Å². The normalized spacial score (nSPS) is 32.7. The van der Waals surface area contributed by atoms with Gasteiger partial charge in [-0.15, -0.1) is 0 Å². The van der Waals surface area contributed by atoms with Gasteiger partial charge >= 0.3 is 0 Å². The molecule has 0 amide bonds. The summed E-state index contributed by atoms with van der Waals surface area (Å²) in [5, 5.41) is 10.3. The molecule has 1 aromatic rings. The molecule has 1 aliphatic carbocycles. The van der Waals surface area contributed by atoms with Crippen molar-refractivity contribution in [2.75, 3.05) is 0 Å². The summed E-state index contributed by atoms with van der Waals surface area (Å²) in [7, 11) is 0. The van der Waals surface area contributed by atoms with Crippen LogP contribution < -0.4 is 0 Å². The molecule has 88 valence electrons. The van der Waals surface area contributed by atoms with Gasteiger partial charge in [-0.25, -0.2) is 0 Å². The number of furan rings is 1. The van der Waals surface area contributed by atoms with Crippen LogP contribution in [0.4, 0.5) is 0 Å². The molecule has 0 aliphatic heterocycles. The molecule has 0 aromatic carbocycles. The minimum Gasteiger partial charge on any atom is -0.472 e. The van der Waals surface area contributed by atoms with Crippen LogP contribution in [0.25, 0.3) is 0 Å². The molecule has 16 heavy (non-hydrogen) atoms. The Kier molecular flexibility index (Phi) is 2.89. The molecule has 1 heterocycles. The Morgan fingerprint density at radius 1 is 1.62 bits per heavy atom. The summed E-state index contributed by atoms with van der Waals surface area (Å²) in [5.74, 6) is 0.229. The SMILES string of the molecule is C[C@@H]1CCC[C@](C)([C@H](O)c2ccoc2)C1=O. The van der Waals surface area contributed by atoms with E-state index in [2.05, 4.69) is 0 Å². The fourth-order valence-electron chi connectivity index (χ4n) is 2.66. The first-order valence-electron chi connectivity index (χ1n) is 5.80. The van der Waals surface area contributed by atoms with E-state index in [9.17, 15) is 9.90 Å². The van der Waals surface area contributed by atoms with Crippen molar-refractivity contribution >= 4 is 5.78 Å². The quantitative estimate of drug-likeness (QED) is 0.837. The molecule has 2 rings (SSSR count). The molecule has 1 N–H and O–H groups in total. The lowest BCUT2D eigenvalue weighted by atomic mass is 9.66. The summed E-state index contributed by atoms with van der Waals surface area (Å²) in [4.78, 5) is 12.2. The summed E-state index contributed by atoms with van der Waals surface area (Å²) >= 11 is 0. The average molecular weight is 222 g/mol. The Morgan fingerprint density at radius 2 is 2.38 bits per heavy atom. The lowest BCUT2D eigenvalue weighted by Gasteiger charge is -2.38. The van der Waals surface area contributed by atoms with Crippen molar-refractivity contribution in [3.8, 4) is 0 Å². The zero-order chi connectivity index (χ0) is 11.8. The molecule has 1 saturated carbocycles. The van der Waals surface area contributed by atoms with E-state index >= 15 is 0 Å². The predicted octanol–water partition coefficient (Wildman–Crippen LogP) is 2.71. The van der Waals surface area contributed by atoms with Gasteiger partial charge in [-0.3, -0.25) is 4.79 Å². The van der Waals surface area contributed by atoms with Gasteiger partial charge in [-0.05, 0) is 25.8 Å². The molecule has 0 spiro atoms. The highest BCUT2D eigenvalue weighted by Gasteiger charge is 2.45. The Bertz CT molecular complexity index is 369. The maximum Gasteiger partial charge on any atom is 0.144 e. The monoisotopic (exact) mass is 222 g/mol. The van der Waals surface area contributed by atoms with Crippen LogP contribution in [0, 0.1) is 11.3 Å². The zero-order valence-corrected chi connectivity index (χ0v) is 9.77. The highest BCUT2D eigenvalue weighted by Crippen LogP contribution is 2.45. The first-order chi connectivity index (χ1) is 7.55. The molecule has 3 atom stereocenters. The summed E-state index contributed by atoms with van der Waals surface area (Å²) < 4.78 is 4.96. The number of carbonyl (C=O) groups is 1. The van der Waals surface area contributed by atoms with E-state index in [1.165, 1.54) is 12.5 Å². The standard InChI is InChI=1S/C13H18O3/c1-9-4-3-6-13(2,11(9)14)12(15)10-5-7-16-8-10/h5,7-9,12,15H,3-4,6H2,1-2H3/t9-,12-,13+/m1/s1. The van der Waals surface area contributed by atoms with Gasteiger partial charge in [0.2, 0.25) is 0 Å². The maximum absolute atomic E-state index is 12.2. The molecule has 0 radical (unpaired) electrons. The minimum atomic E-state index is -0.749. The molecule has 1 fully saturated rings. The van der Waals surface area contributed by atoms with Gasteiger partial charge in [0.05, 0.1) is 24.0 Å². The first kappa shape index (κ1) is 11.4. The number of rotatable bonds is 2. The van der Waals surface area contributed by atoms with Crippen molar-refractivity contribution in [3.63, 3.8) is 0 Å². The predicted molar refractivity (Wildman–Crippen MR) is 59.8 cm³/mol. The first-order valence-corrected chi connectivity index (χ1v) is 5.80. The molecule has 0 bridgehead atoms. The van der Waals surface area contributed by atoms with Crippen LogP contribution >= 0.6 is 0 Å². The van der Waals surface area contributed by atoms with E-state index in [-0.39, 0.29) is 11.7 Å². The number of Topliss-reactive ketones (excluding diaryl/α,β-unsaturated/α-hetero) is 1. The smallest absolute Gasteiger partial charge is 0.144 e. The molecule has 1 aliphatic rings. The number of aliphatic hydroxyl groups excluding tert-OH is 1. The molecule has 3 heteroatoms. The number of aliphatic hydroxyl groups is 1. The van der Waals surface area contributed by atoms with Crippen LogP contribution in [-0.2, 0) is 4.79 Å². The lowest BCUT2D eigenvalue weighted by Crippen LogP contribution is -2.41. The molecule has 0 saturated heterocycles. The van der Waals surface area contributed by atoms with E-state index < -0.39 is 11.5 Å². The van der Waals surface area contributed by atoms with Crippen LogP contribution in [0.15, 0.2) is 23.0 Å². The number of hydrogen-bond donors (Lipinski definition) is 1. The van der Waals surface area contributed by atoms with Crippen LogP contribution in [0.1, 0.15) is 44.8 Å². The highest BCUT2D eigenvalue weighted by molar-refractivity contribution is 5.87. The Hall–Kier alpha value is -1.09. The third-order valence-corrected chi connectivity index (χ3v) is 3.81. The van der Waals surface area contributed by atoms with E-state index in [4.69, 9.17) is 4.42 Å². The van der Waals surface area contributed by atoms with Crippen molar-refractivity contribution in [3.05, 3.63) is 24.2 Å². The topological polar surface area (TPSA) is 50.4 Å². The van der Waals surface area contributed by atoms with Crippen molar-refractivity contribution in [2.24, 2.45) is 11.3 Å². The van der Waals surface area contributed by atoms with Gasteiger partial charge in [-0.1, -0.05) is 13.3 Å². The summed E-state index contributed by atoms with van der Waals surface area (Å²) in [6.07, 6.45) is 4.98. The fourth-order valence-corrected chi connectivity index (χ4v) is 2.66. The minimum absolute atomic E-state index is 0.0558. The molecular formula is C13H18O3. The second kappa shape index (κ2) is 4.06. The third-order valence-electron chi connectivity index (χ3n) is 3.81. The Labute approximate surface area is 95.5 Å². The Morgan fingerprint density at radius 3 is 3.00 bits per heavy atom. The molecule has 3 nitrogen and oxygen atoms in total. The van der Waals surface area contributed by atoms with Gasteiger partial charge in [0.1, 0.15) is 5.78 Å². The van der Waals surface area contributed by atoms with Crippen LogP contribution in [-0.4, -0.2) is 10.9 Å². The maximum atomic E-state index is 12.2. The number of hydrogen-bond acceptors (Lipinski definition) is 3. The van der Waals surface area contributed by atoms with E-state index in [0.29, 0.717) is 5.56 Å².